The van der Waals surface area contributed by atoms with Gasteiger partial charge in [-0.2, -0.15) is 0 Å². The number of carbonyl (C=O) groups is 2. The number of hydrogen-bond acceptors (Lipinski definition) is 10. The molecule has 12 heteroatoms. The smallest absolute Gasteiger partial charge is 0.259 e. The maximum atomic E-state index is 13.9. The Balaban J connectivity index is 1.64. The predicted molar refractivity (Wildman–Crippen MR) is 135 cm³/mol. The number of aromatic amines is 1. The van der Waals surface area contributed by atoms with E-state index < -0.39 is 57.1 Å². The van der Waals surface area contributed by atoms with Gasteiger partial charge in [-0.1, -0.05) is 11.6 Å². The molecule has 4 aromatic rings. The van der Waals surface area contributed by atoms with Crippen molar-refractivity contribution in [1.82, 2.24) is 4.98 Å². The minimum absolute atomic E-state index is 0.00234. The molecule has 198 valence electrons. The average Bonchev–Trinajstić information content (AvgIpc) is 2.89. The van der Waals surface area contributed by atoms with Gasteiger partial charge >= 0.3 is 0 Å². The van der Waals surface area contributed by atoms with Crippen LogP contribution in [0.4, 0.5) is 0 Å². The van der Waals surface area contributed by atoms with Crippen molar-refractivity contribution in [2.75, 3.05) is 13.9 Å². The summed E-state index contributed by atoms with van der Waals surface area (Å²) in [7, 11) is 1.35. The van der Waals surface area contributed by atoms with E-state index >= 15 is 0 Å². The molecule has 3 N–H and O–H groups in total. The monoisotopic (exact) mass is 551 g/mol. The van der Waals surface area contributed by atoms with Crippen LogP contribution < -0.4 is 20.5 Å². The zero-order valence-electron chi connectivity index (χ0n) is 20.3. The number of aromatic nitrogens is 1. The standard InChI is InChI=1S/C27H18ClNO10/c1-8-5-10-14(26(34)29-8)25(33)27(35)11(18(10)30)6-13-15-17(27)20(32)16-19(31)9-3-4-12(28)22(36-2)21(9)39-24(16)23(15)38-7-37-13/h3-5,11,13,32,35H,6-7H2,1-2H3,(H,29,34). The molecule has 0 saturated carbocycles. The third kappa shape index (κ3) is 2.79. The number of aromatic hydroxyl groups is 1. The van der Waals surface area contributed by atoms with Gasteiger partial charge in [0, 0.05) is 22.4 Å². The van der Waals surface area contributed by atoms with Crippen molar-refractivity contribution in [2.45, 2.75) is 25.0 Å². The third-order valence-electron chi connectivity index (χ3n) is 7.82. The number of ketones is 2. The molecule has 0 saturated heterocycles. The predicted octanol–water partition coefficient (Wildman–Crippen LogP) is 3.00. The van der Waals surface area contributed by atoms with Gasteiger partial charge in [-0.25, -0.2) is 0 Å². The lowest BCUT2D eigenvalue weighted by atomic mass is 9.60. The summed E-state index contributed by atoms with van der Waals surface area (Å²) >= 11 is 6.23. The van der Waals surface area contributed by atoms with Gasteiger partial charge in [-0.05, 0) is 31.5 Å². The molecule has 7 rings (SSSR count). The second-order valence-electron chi connectivity index (χ2n) is 9.79. The van der Waals surface area contributed by atoms with Gasteiger partial charge in [0.1, 0.15) is 11.1 Å². The SMILES string of the molecule is COc1c(Cl)ccc2c(=O)c3c(O)c4c5c(c3oc12)OCOC5CC1C(=O)c2cc(C)[nH]c(=O)c2C(=O)C41O. The largest absolute Gasteiger partial charge is 0.507 e. The molecule has 3 unspecified atom stereocenters. The minimum atomic E-state index is -2.69. The van der Waals surface area contributed by atoms with E-state index in [0.29, 0.717) is 5.69 Å². The van der Waals surface area contributed by atoms with Gasteiger partial charge in [0.2, 0.25) is 11.2 Å². The summed E-state index contributed by atoms with van der Waals surface area (Å²) in [5.74, 6) is -3.90. The Morgan fingerprint density at radius 3 is 2.69 bits per heavy atom. The number of phenolic OH excluding ortho intramolecular Hbond substituents is 1. The first kappa shape index (κ1) is 23.9. The summed E-state index contributed by atoms with van der Waals surface area (Å²) in [6.45, 7) is 1.27. The molecule has 1 aliphatic heterocycles. The fourth-order valence-electron chi connectivity index (χ4n) is 6.16. The number of fused-ring (bicyclic) bond motifs is 6. The van der Waals surface area contributed by atoms with Crippen LogP contribution in [0.5, 0.6) is 17.2 Å². The normalized spacial score (nSPS) is 23.3. The van der Waals surface area contributed by atoms with Crippen LogP contribution in [0.1, 0.15) is 50.1 Å². The highest BCUT2D eigenvalue weighted by atomic mass is 35.5. The number of ether oxygens (including phenoxy) is 3. The van der Waals surface area contributed by atoms with Crippen LogP contribution in [0.3, 0.4) is 0 Å². The highest BCUT2D eigenvalue weighted by Crippen LogP contribution is 2.59. The molecule has 3 heterocycles. The molecular weight excluding hydrogens is 534 g/mol. The second-order valence-corrected chi connectivity index (χ2v) is 10.2. The van der Waals surface area contributed by atoms with Crippen LogP contribution in [0, 0.1) is 12.8 Å². The number of carbonyl (C=O) groups excluding carboxylic acids is 2. The molecule has 0 amide bonds. The number of methoxy groups -OCH3 is 1. The molecule has 0 spiro atoms. The van der Waals surface area contributed by atoms with E-state index in [0.717, 1.165) is 0 Å². The Morgan fingerprint density at radius 2 is 1.95 bits per heavy atom. The first-order chi connectivity index (χ1) is 18.6. The Labute approximate surface area is 222 Å². The summed E-state index contributed by atoms with van der Waals surface area (Å²) in [4.78, 5) is 56.6. The van der Waals surface area contributed by atoms with Crippen molar-refractivity contribution < 1.29 is 38.4 Å². The van der Waals surface area contributed by atoms with E-state index in [-0.39, 0.29) is 62.8 Å². The van der Waals surface area contributed by atoms with Crippen molar-refractivity contribution in [3.63, 3.8) is 0 Å². The number of aryl methyl sites for hydroxylation is 1. The van der Waals surface area contributed by atoms with Crippen LogP contribution in [-0.2, 0) is 10.3 Å². The van der Waals surface area contributed by atoms with Crippen molar-refractivity contribution in [1.29, 1.82) is 0 Å². The van der Waals surface area contributed by atoms with Gasteiger partial charge in [0.15, 0.2) is 40.8 Å². The maximum Gasteiger partial charge on any atom is 0.259 e. The number of benzene rings is 2. The van der Waals surface area contributed by atoms with Gasteiger partial charge < -0.3 is 33.8 Å². The summed E-state index contributed by atoms with van der Waals surface area (Å²) in [6.07, 6.45) is -1.07. The number of nitrogens with one attached hydrogen (secondary N) is 1. The van der Waals surface area contributed by atoms with Crippen molar-refractivity contribution >= 4 is 45.1 Å². The lowest BCUT2D eigenvalue weighted by molar-refractivity contribution is -0.0967. The molecule has 0 bridgehead atoms. The third-order valence-corrected chi connectivity index (χ3v) is 8.12. The summed E-state index contributed by atoms with van der Waals surface area (Å²) < 4.78 is 22.8. The Hall–Kier alpha value is -4.19. The van der Waals surface area contributed by atoms with Gasteiger partial charge in [-0.3, -0.25) is 19.2 Å². The Kier molecular flexibility index (Phi) is 4.71. The lowest BCUT2D eigenvalue weighted by Gasteiger charge is -2.46. The highest BCUT2D eigenvalue weighted by Gasteiger charge is 2.62. The van der Waals surface area contributed by atoms with Crippen LogP contribution in [-0.4, -0.2) is 40.7 Å². The van der Waals surface area contributed by atoms with Gasteiger partial charge in [0.25, 0.3) is 5.56 Å². The molecule has 3 aliphatic rings. The Bertz CT molecular complexity index is 1960. The molecule has 11 nitrogen and oxygen atoms in total. The number of rotatable bonds is 1. The van der Waals surface area contributed by atoms with Crippen LogP contribution >= 0.6 is 11.6 Å². The minimum Gasteiger partial charge on any atom is -0.507 e. The van der Waals surface area contributed by atoms with Crippen LogP contribution in [0.2, 0.25) is 5.02 Å². The maximum absolute atomic E-state index is 13.9. The molecule has 2 aromatic heterocycles. The lowest BCUT2D eigenvalue weighted by Crippen LogP contribution is -2.56. The van der Waals surface area contributed by atoms with Gasteiger partial charge in [0.05, 0.1) is 35.1 Å². The fraction of sp³-hybridized carbons (Fsp3) is 0.259. The molecular formula is C27H18ClNO10. The van der Waals surface area contributed by atoms with Crippen molar-refractivity contribution in [3.05, 3.63) is 71.7 Å². The van der Waals surface area contributed by atoms with E-state index in [1.807, 2.05) is 0 Å². The molecule has 3 atom stereocenters. The first-order valence-electron chi connectivity index (χ1n) is 11.9. The fourth-order valence-corrected chi connectivity index (χ4v) is 6.38. The van der Waals surface area contributed by atoms with E-state index in [4.69, 9.17) is 30.2 Å². The number of Topliss-reactive ketones (excluding diaryl/α,β-unsaturated/α-hetero) is 2. The number of hydrogen-bond donors (Lipinski definition) is 3. The van der Waals surface area contributed by atoms with E-state index in [1.54, 1.807) is 6.92 Å². The Morgan fingerprint density at radius 1 is 1.18 bits per heavy atom. The topological polar surface area (TPSA) is 165 Å². The van der Waals surface area contributed by atoms with Crippen LogP contribution in [0.15, 0.2) is 32.2 Å². The number of aliphatic hydroxyl groups is 1. The summed E-state index contributed by atoms with van der Waals surface area (Å²) in [5, 5.41) is 23.5. The van der Waals surface area contributed by atoms with E-state index in [1.165, 1.54) is 25.3 Å². The van der Waals surface area contributed by atoms with Crippen molar-refractivity contribution in [2.24, 2.45) is 5.92 Å². The quantitative estimate of drug-likeness (QED) is 0.299. The van der Waals surface area contributed by atoms with E-state index in [2.05, 4.69) is 4.98 Å². The number of H-pyrrole nitrogens is 1. The number of phenols is 1. The zero-order valence-corrected chi connectivity index (χ0v) is 21.1. The number of pyridine rings is 1. The number of halogens is 1. The van der Waals surface area contributed by atoms with Crippen LogP contribution in [0.25, 0.3) is 21.9 Å². The molecule has 2 aromatic carbocycles. The molecule has 2 aliphatic carbocycles. The molecule has 0 radical (unpaired) electrons. The van der Waals surface area contributed by atoms with Crippen molar-refractivity contribution in [3.8, 4) is 17.2 Å². The second kappa shape index (κ2) is 7.69. The first-order valence-corrected chi connectivity index (χ1v) is 12.3. The zero-order chi connectivity index (χ0) is 27.5. The summed E-state index contributed by atoms with van der Waals surface area (Å²) in [6, 6.07) is 4.18. The molecule has 0 fully saturated rings. The average molecular weight is 552 g/mol. The summed E-state index contributed by atoms with van der Waals surface area (Å²) in [5.41, 5.74) is -5.12. The molecule has 39 heavy (non-hydrogen) atoms. The highest BCUT2D eigenvalue weighted by molar-refractivity contribution is 6.33. The van der Waals surface area contributed by atoms with Gasteiger partial charge in [-0.15, -0.1) is 0 Å². The van der Waals surface area contributed by atoms with E-state index in [9.17, 15) is 29.4 Å².